The first-order valence-electron chi connectivity index (χ1n) is 5.34. The molecule has 1 saturated heterocycles. The zero-order valence-electron chi connectivity index (χ0n) is 8.63. The molecule has 1 unspecified atom stereocenters. The summed E-state index contributed by atoms with van der Waals surface area (Å²) in [6.45, 7) is 2.21. The maximum Gasteiger partial charge on any atom is 0.0379 e. The SMILES string of the molecule is ClCC1CCCN1Cc1cccc(Br)c1. The van der Waals surface area contributed by atoms with E-state index in [0.717, 1.165) is 16.9 Å². The van der Waals surface area contributed by atoms with E-state index in [1.807, 2.05) is 0 Å². The highest BCUT2D eigenvalue weighted by Crippen LogP contribution is 2.22. The Morgan fingerprint density at radius 1 is 1.47 bits per heavy atom. The van der Waals surface area contributed by atoms with Crippen molar-refractivity contribution in [3.63, 3.8) is 0 Å². The van der Waals surface area contributed by atoms with Gasteiger partial charge in [0.05, 0.1) is 0 Å². The molecule has 1 fully saturated rings. The van der Waals surface area contributed by atoms with Crippen molar-refractivity contribution in [2.45, 2.75) is 25.4 Å². The molecule has 0 spiro atoms. The number of rotatable bonds is 3. The second kappa shape index (κ2) is 5.33. The highest BCUT2D eigenvalue weighted by atomic mass is 79.9. The molecule has 1 aromatic carbocycles. The van der Waals surface area contributed by atoms with Crippen molar-refractivity contribution in [1.82, 2.24) is 4.90 Å². The lowest BCUT2D eigenvalue weighted by Crippen LogP contribution is -2.30. The lowest BCUT2D eigenvalue weighted by molar-refractivity contribution is 0.263. The Morgan fingerprint density at radius 2 is 2.33 bits per heavy atom. The molecule has 0 bridgehead atoms. The zero-order chi connectivity index (χ0) is 10.7. The van der Waals surface area contributed by atoms with Crippen molar-refractivity contribution in [2.75, 3.05) is 12.4 Å². The van der Waals surface area contributed by atoms with Crippen LogP contribution >= 0.6 is 27.5 Å². The Bertz CT molecular complexity index is 329. The standard InChI is InChI=1S/C12H15BrClN/c13-11-4-1-3-10(7-11)9-15-6-2-5-12(15)8-14/h1,3-4,7,12H,2,5-6,8-9H2. The van der Waals surface area contributed by atoms with Crippen molar-refractivity contribution in [3.05, 3.63) is 34.3 Å². The number of hydrogen-bond acceptors (Lipinski definition) is 1. The number of alkyl halides is 1. The molecule has 0 amide bonds. The van der Waals surface area contributed by atoms with Crippen LogP contribution in [-0.2, 0) is 6.54 Å². The van der Waals surface area contributed by atoms with Gasteiger partial charge in [0, 0.05) is 22.9 Å². The summed E-state index contributed by atoms with van der Waals surface area (Å²) in [6.07, 6.45) is 2.53. The van der Waals surface area contributed by atoms with Gasteiger partial charge in [0.2, 0.25) is 0 Å². The van der Waals surface area contributed by atoms with E-state index in [9.17, 15) is 0 Å². The predicted molar refractivity (Wildman–Crippen MR) is 68.3 cm³/mol. The number of likely N-dealkylation sites (tertiary alicyclic amines) is 1. The van der Waals surface area contributed by atoms with E-state index in [2.05, 4.69) is 45.1 Å². The average Bonchev–Trinajstić information content (AvgIpc) is 2.65. The molecule has 1 aromatic rings. The molecule has 1 nitrogen and oxygen atoms in total. The van der Waals surface area contributed by atoms with Crippen molar-refractivity contribution in [1.29, 1.82) is 0 Å². The fraction of sp³-hybridized carbons (Fsp3) is 0.500. The maximum absolute atomic E-state index is 5.95. The molecular weight excluding hydrogens is 273 g/mol. The van der Waals surface area contributed by atoms with E-state index in [-0.39, 0.29) is 0 Å². The normalized spacial score (nSPS) is 22.1. The Labute approximate surface area is 105 Å². The molecule has 1 aliphatic rings. The van der Waals surface area contributed by atoms with Gasteiger partial charge in [0.25, 0.3) is 0 Å². The number of benzene rings is 1. The summed E-state index contributed by atoms with van der Waals surface area (Å²) >= 11 is 9.45. The van der Waals surface area contributed by atoms with Crippen LogP contribution in [-0.4, -0.2) is 23.4 Å². The molecule has 82 valence electrons. The van der Waals surface area contributed by atoms with Gasteiger partial charge in [-0.05, 0) is 37.1 Å². The van der Waals surface area contributed by atoms with Crippen LogP contribution in [0, 0.1) is 0 Å². The summed E-state index contributed by atoms with van der Waals surface area (Å²) in [6, 6.07) is 9.08. The van der Waals surface area contributed by atoms with Gasteiger partial charge >= 0.3 is 0 Å². The van der Waals surface area contributed by atoms with Gasteiger partial charge in [-0.15, -0.1) is 11.6 Å². The maximum atomic E-state index is 5.95. The lowest BCUT2D eigenvalue weighted by Gasteiger charge is -2.22. The molecule has 2 rings (SSSR count). The number of halogens is 2. The van der Waals surface area contributed by atoms with Gasteiger partial charge < -0.3 is 0 Å². The number of hydrogen-bond donors (Lipinski definition) is 0. The number of nitrogens with zero attached hydrogens (tertiary/aromatic N) is 1. The molecular formula is C12H15BrClN. The second-order valence-electron chi connectivity index (χ2n) is 4.05. The van der Waals surface area contributed by atoms with Crippen LogP contribution in [0.15, 0.2) is 28.7 Å². The third-order valence-corrected chi connectivity index (χ3v) is 3.80. The second-order valence-corrected chi connectivity index (χ2v) is 5.28. The van der Waals surface area contributed by atoms with Crippen LogP contribution in [0.3, 0.4) is 0 Å². The van der Waals surface area contributed by atoms with Crippen LogP contribution in [0.5, 0.6) is 0 Å². The summed E-state index contributed by atoms with van der Waals surface area (Å²) in [4.78, 5) is 2.48. The van der Waals surface area contributed by atoms with Crippen molar-refractivity contribution < 1.29 is 0 Å². The van der Waals surface area contributed by atoms with E-state index in [4.69, 9.17) is 11.6 Å². The topological polar surface area (TPSA) is 3.24 Å². The summed E-state index contributed by atoms with van der Waals surface area (Å²) in [5, 5.41) is 0. The van der Waals surface area contributed by atoms with Gasteiger partial charge in [0.1, 0.15) is 0 Å². The van der Waals surface area contributed by atoms with E-state index in [0.29, 0.717) is 6.04 Å². The Kier molecular flexibility index (Phi) is 4.06. The van der Waals surface area contributed by atoms with Crippen LogP contribution in [0.4, 0.5) is 0 Å². The largest absolute Gasteiger partial charge is 0.295 e. The highest BCUT2D eigenvalue weighted by molar-refractivity contribution is 9.10. The minimum atomic E-state index is 0.575. The molecule has 0 N–H and O–H groups in total. The molecule has 1 aliphatic heterocycles. The van der Waals surface area contributed by atoms with Gasteiger partial charge in [-0.3, -0.25) is 4.90 Å². The van der Waals surface area contributed by atoms with Gasteiger partial charge in [-0.25, -0.2) is 0 Å². The average molecular weight is 289 g/mol. The van der Waals surface area contributed by atoms with Crippen molar-refractivity contribution in [3.8, 4) is 0 Å². The van der Waals surface area contributed by atoms with Gasteiger partial charge in [-0.1, -0.05) is 28.1 Å². The van der Waals surface area contributed by atoms with Gasteiger partial charge in [-0.2, -0.15) is 0 Å². The third kappa shape index (κ3) is 2.96. The molecule has 15 heavy (non-hydrogen) atoms. The van der Waals surface area contributed by atoms with E-state index in [1.165, 1.54) is 24.9 Å². The van der Waals surface area contributed by atoms with Crippen LogP contribution < -0.4 is 0 Å². The molecule has 0 saturated carbocycles. The predicted octanol–water partition coefficient (Wildman–Crippen LogP) is 3.65. The van der Waals surface area contributed by atoms with E-state index in [1.54, 1.807) is 0 Å². The molecule has 0 aromatic heterocycles. The Hall–Kier alpha value is -0.0500. The van der Waals surface area contributed by atoms with E-state index < -0.39 is 0 Å². The minimum Gasteiger partial charge on any atom is -0.295 e. The van der Waals surface area contributed by atoms with Gasteiger partial charge in [0.15, 0.2) is 0 Å². The third-order valence-electron chi connectivity index (χ3n) is 2.95. The fourth-order valence-corrected chi connectivity index (χ4v) is 2.94. The summed E-state index contributed by atoms with van der Waals surface area (Å²) in [5.41, 5.74) is 1.36. The first kappa shape index (κ1) is 11.4. The van der Waals surface area contributed by atoms with Crippen molar-refractivity contribution in [2.24, 2.45) is 0 Å². The molecule has 1 atom stereocenters. The Balaban J connectivity index is 2.02. The quantitative estimate of drug-likeness (QED) is 0.767. The zero-order valence-corrected chi connectivity index (χ0v) is 11.0. The lowest BCUT2D eigenvalue weighted by atomic mass is 10.2. The first-order valence-corrected chi connectivity index (χ1v) is 6.67. The summed E-state index contributed by atoms with van der Waals surface area (Å²) in [7, 11) is 0. The van der Waals surface area contributed by atoms with Crippen molar-refractivity contribution >= 4 is 27.5 Å². The highest BCUT2D eigenvalue weighted by Gasteiger charge is 2.23. The first-order chi connectivity index (χ1) is 7.29. The molecule has 1 heterocycles. The van der Waals surface area contributed by atoms with Crippen LogP contribution in [0.25, 0.3) is 0 Å². The minimum absolute atomic E-state index is 0.575. The summed E-state index contributed by atoms with van der Waals surface area (Å²) < 4.78 is 1.15. The van der Waals surface area contributed by atoms with Crippen LogP contribution in [0.1, 0.15) is 18.4 Å². The van der Waals surface area contributed by atoms with E-state index >= 15 is 0 Å². The van der Waals surface area contributed by atoms with Crippen LogP contribution in [0.2, 0.25) is 0 Å². The monoisotopic (exact) mass is 287 g/mol. The molecule has 0 radical (unpaired) electrons. The fourth-order valence-electron chi connectivity index (χ4n) is 2.15. The summed E-state index contributed by atoms with van der Waals surface area (Å²) in [5.74, 6) is 0.758. The molecule has 0 aliphatic carbocycles. The molecule has 3 heteroatoms. The smallest absolute Gasteiger partial charge is 0.0379 e. The Morgan fingerprint density at radius 3 is 3.07 bits per heavy atom.